The van der Waals surface area contributed by atoms with Gasteiger partial charge in [-0.2, -0.15) is 0 Å². The van der Waals surface area contributed by atoms with E-state index in [1.54, 1.807) is 0 Å². The van der Waals surface area contributed by atoms with Crippen molar-refractivity contribution in [3.8, 4) is 0 Å². The lowest BCUT2D eigenvalue weighted by atomic mass is 10.1. The molecule has 1 aliphatic carbocycles. The van der Waals surface area contributed by atoms with Crippen molar-refractivity contribution in [2.75, 3.05) is 6.61 Å². The lowest BCUT2D eigenvalue weighted by molar-refractivity contribution is 0.104. The number of fused-ring (bicyclic) bond motifs is 1. The van der Waals surface area contributed by atoms with Crippen molar-refractivity contribution in [1.29, 1.82) is 0 Å². The second-order valence-corrected chi connectivity index (χ2v) is 5.01. The fraction of sp³-hybridized carbons (Fsp3) is 0.857. The SMILES string of the molecule is C1=C\CCCCOC2CC2CCCCC/1. The minimum Gasteiger partial charge on any atom is -0.378 e. The van der Waals surface area contributed by atoms with Gasteiger partial charge in [0.2, 0.25) is 0 Å². The molecule has 1 heteroatoms. The summed E-state index contributed by atoms with van der Waals surface area (Å²) in [5.41, 5.74) is 0. The highest BCUT2D eigenvalue weighted by molar-refractivity contribution is 4.88. The van der Waals surface area contributed by atoms with Gasteiger partial charge in [0.25, 0.3) is 0 Å². The molecule has 0 amide bonds. The van der Waals surface area contributed by atoms with Crippen molar-refractivity contribution in [1.82, 2.24) is 0 Å². The molecule has 0 spiro atoms. The summed E-state index contributed by atoms with van der Waals surface area (Å²) >= 11 is 0. The standard InChI is InChI=1S/C14H24O/c1-2-4-6-8-10-13-12-14(13)15-11-9-7-5-3-1/h1,3,13-14H,2,4-12H2/b3-1-. The van der Waals surface area contributed by atoms with Gasteiger partial charge in [-0.15, -0.1) is 0 Å². The first-order chi connectivity index (χ1) is 7.47. The van der Waals surface area contributed by atoms with Gasteiger partial charge in [-0.3, -0.25) is 0 Å². The Morgan fingerprint density at radius 1 is 0.867 bits per heavy atom. The quantitative estimate of drug-likeness (QED) is 0.545. The number of rotatable bonds is 0. The third-order valence-corrected chi connectivity index (χ3v) is 3.57. The maximum Gasteiger partial charge on any atom is 0.0607 e. The van der Waals surface area contributed by atoms with Crippen LogP contribution in [0.5, 0.6) is 0 Å². The van der Waals surface area contributed by atoms with Gasteiger partial charge >= 0.3 is 0 Å². The highest BCUT2D eigenvalue weighted by atomic mass is 16.5. The van der Waals surface area contributed by atoms with Crippen LogP contribution in [0, 0.1) is 5.92 Å². The van der Waals surface area contributed by atoms with Crippen molar-refractivity contribution in [2.24, 2.45) is 5.92 Å². The molecule has 0 bridgehead atoms. The Morgan fingerprint density at radius 2 is 1.67 bits per heavy atom. The van der Waals surface area contributed by atoms with Crippen LogP contribution in [0.1, 0.15) is 57.8 Å². The molecule has 0 saturated heterocycles. The van der Waals surface area contributed by atoms with Crippen LogP contribution in [0.25, 0.3) is 0 Å². The van der Waals surface area contributed by atoms with E-state index in [1.807, 2.05) is 0 Å². The molecule has 1 aliphatic heterocycles. The second kappa shape index (κ2) is 6.32. The highest BCUT2D eigenvalue weighted by Gasteiger charge is 2.36. The second-order valence-electron chi connectivity index (χ2n) is 5.01. The summed E-state index contributed by atoms with van der Waals surface area (Å²) in [6.45, 7) is 0.995. The summed E-state index contributed by atoms with van der Waals surface area (Å²) in [4.78, 5) is 0. The van der Waals surface area contributed by atoms with Gasteiger partial charge in [0, 0.05) is 6.61 Å². The third kappa shape index (κ3) is 4.38. The summed E-state index contributed by atoms with van der Waals surface area (Å²) in [5.74, 6) is 0.920. The number of hydrogen-bond donors (Lipinski definition) is 0. The van der Waals surface area contributed by atoms with E-state index in [9.17, 15) is 0 Å². The first-order valence-electron chi connectivity index (χ1n) is 6.73. The number of allylic oxidation sites excluding steroid dienone is 2. The fourth-order valence-electron chi connectivity index (χ4n) is 2.41. The van der Waals surface area contributed by atoms with Gasteiger partial charge in [0.1, 0.15) is 0 Å². The zero-order valence-corrected chi connectivity index (χ0v) is 9.79. The van der Waals surface area contributed by atoms with Crippen LogP contribution >= 0.6 is 0 Å². The average Bonchev–Trinajstić information content (AvgIpc) is 2.98. The van der Waals surface area contributed by atoms with Crippen LogP contribution in [0.15, 0.2) is 12.2 Å². The Balaban J connectivity index is 1.67. The van der Waals surface area contributed by atoms with Gasteiger partial charge in [0.15, 0.2) is 0 Å². The smallest absolute Gasteiger partial charge is 0.0607 e. The Hall–Kier alpha value is -0.300. The van der Waals surface area contributed by atoms with Crippen molar-refractivity contribution < 1.29 is 4.74 Å². The molecule has 0 aromatic heterocycles. The van der Waals surface area contributed by atoms with Crippen molar-refractivity contribution >= 4 is 0 Å². The predicted molar refractivity (Wildman–Crippen MR) is 63.9 cm³/mol. The zero-order chi connectivity index (χ0) is 10.3. The van der Waals surface area contributed by atoms with Crippen molar-refractivity contribution in [3.63, 3.8) is 0 Å². The zero-order valence-electron chi connectivity index (χ0n) is 9.79. The summed E-state index contributed by atoms with van der Waals surface area (Å²) in [6.07, 6.45) is 17.4. The number of ether oxygens (including phenoxy) is 1. The molecule has 1 heterocycles. The number of hydrogen-bond acceptors (Lipinski definition) is 1. The van der Waals surface area contributed by atoms with E-state index in [0.29, 0.717) is 6.10 Å². The first kappa shape index (κ1) is 11.2. The first-order valence-corrected chi connectivity index (χ1v) is 6.73. The summed E-state index contributed by atoms with van der Waals surface area (Å²) in [5, 5.41) is 0. The van der Waals surface area contributed by atoms with Crippen LogP contribution in [-0.2, 0) is 4.74 Å². The van der Waals surface area contributed by atoms with E-state index in [-0.39, 0.29) is 0 Å². The largest absolute Gasteiger partial charge is 0.378 e. The maximum atomic E-state index is 5.84. The maximum absolute atomic E-state index is 5.84. The molecule has 0 aromatic rings. The summed E-state index contributed by atoms with van der Waals surface area (Å²) in [7, 11) is 0. The molecular weight excluding hydrogens is 184 g/mol. The minimum absolute atomic E-state index is 0.642. The lowest BCUT2D eigenvalue weighted by Crippen LogP contribution is -1.99. The molecule has 1 saturated carbocycles. The third-order valence-electron chi connectivity index (χ3n) is 3.57. The molecule has 2 atom stereocenters. The highest BCUT2D eigenvalue weighted by Crippen LogP contribution is 2.38. The molecule has 2 rings (SSSR count). The van der Waals surface area contributed by atoms with E-state index in [0.717, 1.165) is 12.5 Å². The Kier molecular flexibility index (Phi) is 4.72. The van der Waals surface area contributed by atoms with Crippen molar-refractivity contribution in [3.05, 3.63) is 12.2 Å². The molecule has 1 fully saturated rings. The molecule has 0 radical (unpaired) electrons. The molecular formula is C14H24O. The Morgan fingerprint density at radius 3 is 2.53 bits per heavy atom. The van der Waals surface area contributed by atoms with Crippen molar-refractivity contribution in [2.45, 2.75) is 63.9 Å². The molecule has 2 aliphatic rings. The van der Waals surface area contributed by atoms with E-state index < -0.39 is 0 Å². The monoisotopic (exact) mass is 208 g/mol. The van der Waals surface area contributed by atoms with Gasteiger partial charge in [-0.1, -0.05) is 25.0 Å². The van der Waals surface area contributed by atoms with Gasteiger partial charge in [0.05, 0.1) is 6.10 Å². The summed E-state index contributed by atoms with van der Waals surface area (Å²) < 4.78 is 5.84. The van der Waals surface area contributed by atoms with Gasteiger partial charge < -0.3 is 4.74 Å². The molecule has 86 valence electrons. The van der Waals surface area contributed by atoms with Crippen LogP contribution in [0.2, 0.25) is 0 Å². The Labute approximate surface area is 93.9 Å². The van der Waals surface area contributed by atoms with E-state index in [1.165, 1.54) is 57.8 Å². The normalized spacial score (nSPS) is 36.3. The molecule has 2 unspecified atom stereocenters. The molecule has 15 heavy (non-hydrogen) atoms. The van der Waals surface area contributed by atoms with E-state index in [4.69, 9.17) is 4.74 Å². The van der Waals surface area contributed by atoms with Gasteiger partial charge in [-0.05, 0) is 50.9 Å². The minimum atomic E-state index is 0.642. The van der Waals surface area contributed by atoms with Crippen LogP contribution < -0.4 is 0 Å². The predicted octanol–water partition coefficient (Wildman–Crippen LogP) is 4.08. The van der Waals surface area contributed by atoms with E-state index in [2.05, 4.69) is 12.2 Å². The van der Waals surface area contributed by atoms with Crippen LogP contribution in [0.3, 0.4) is 0 Å². The lowest BCUT2D eigenvalue weighted by Gasteiger charge is -2.04. The molecule has 0 aromatic carbocycles. The fourth-order valence-corrected chi connectivity index (χ4v) is 2.41. The van der Waals surface area contributed by atoms with E-state index >= 15 is 0 Å². The molecule has 1 nitrogen and oxygen atoms in total. The van der Waals surface area contributed by atoms with Crippen LogP contribution in [0.4, 0.5) is 0 Å². The summed E-state index contributed by atoms with van der Waals surface area (Å²) in [6, 6.07) is 0. The molecule has 0 N–H and O–H groups in total. The van der Waals surface area contributed by atoms with Gasteiger partial charge in [-0.25, -0.2) is 0 Å². The Bertz CT molecular complexity index is 178. The van der Waals surface area contributed by atoms with Crippen LogP contribution in [-0.4, -0.2) is 12.7 Å². The average molecular weight is 208 g/mol. The topological polar surface area (TPSA) is 9.23 Å².